The van der Waals surface area contributed by atoms with Crippen molar-refractivity contribution in [3.63, 3.8) is 0 Å². The molecular weight excluding hydrogens is 663 g/mol. The van der Waals surface area contributed by atoms with Crippen LogP contribution in [0.3, 0.4) is 0 Å². The number of nitrogens with zero attached hydrogens (tertiary/aromatic N) is 3. The van der Waals surface area contributed by atoms with Gasteiger partial charge in [-0.2, -0.15) is 0 Å². The Bertz CT molecular complexity index is 2070. The molecule has 2 aliphatic rings. The van der Waals surface area contributed by atoms with Gasteiger partial charge in [-0.15, -0.1) is 10.2 Å². The highest BCUT2D eigenvalue weighted by atomic mass is 32.2. The summed E-state index contributed by atoms with van der Waals surface area (Å²) in [5.74, 6) is 0.597. The second kappa shape index (κ2) is 14.2. The van der Waals surface area contributed by atoms with Crippen LogP contribution in [0.5, 0.6) is 23.0 Å². The van der Waals surface area contributed by atoms with Crippen LogP contribution in [-0.4, -0.2) is 53.4 Å². The quantitative estimate of drug-likeness (QED) is 0.0487. The van der Waals surface area contributed by atoms with Gasteiger partial charge in [-0.1, -0.05) is 78.6 Å². The number of carbonyl (C=O) groups excluding carboxylic acids is 2. The molecule has 0 saturated carbocycles. The van der Waals surface area contributed by atoms with Gasteiger partial charge < -0.3 is 24.1 Å². The van der Waals surface area contributed by atoms with Gasteiger partial charge in [0.25, 0.3) is 5.78 Å². The Morgan fingerprint density at radius 3 is 2.59 bits per heavy atom. The van der Waals surface area contributed by atoms with Gasteiger partial charge in [0.1, 0.15) is 19.0 Å². The first-order chi connectivity index (χ1) is 24.0. The Morgan fingerprint density at radius 2 is 1.76 bits per heavy atom. The number of amides is 1. The minimum atomic E-state index is -1.03. The number of rotatable bonds is 11. The molecule has 1 fully saturated rings. The second-order valence-electron chi connectivity index (χ2n) is 11.3. The first kappa shape index (κ1) is 32.5. The molecule has 1 amide bonds. The highest BCUT2D eigenvalue weighted by Crippen LogP contribution is 2.46. The van der Waals surface area contributed by atoms with Crippen LogP contribution in [0, 0.1) is 0 Å². The van der Waals surface area contributed by atoms with Gasteiger partial charge in [-0.05, 0) is 65.6 Å². The lowest BCUT2D eigenvalue weighted by atomic mass is 9.95. The van der Waals surface area contributed by atoms with Gasteiger partial charge in [-0.3, -0.25) is 14.5 Å². The molecule has 1 atom stereocenters. The van der Waals surface area contributed by atoms with Crippen molar-refractivity contribution in [1.29, 1.82) is 0 Å². The summed E-state index contributed by atoms with van der Waals surface area (Å²) in [5.41, 5.74) is 1.90. The minimum absolute atomic E-state index is 0.0912. The molecule has 1 N–H and O–H groups in total. The van der Waals surface area contributed by atoms with E-state index in [2.05, 4.69) is 34.5 Å². The standard InChI is InChI=1S/C37H33N3O7S2/c1-3-16-45-27-14-12-23(19-29(27)44-4-2)32-31(33(41)24-13-15-28-30(20-24)47-18-17-46-28)34(42)35(43)40(32)36-38-39-37(49-36)48-21-25-10-7-9-22-8-5-6-11-26(22)25/h5-15,19-20,32,41H,3-4,16-18,21H2,1-2H3/b33-31+/t32-/m1/s1. The lowest BCUT2D eigenvalue weighted by Gasteiger charge is -2.24. The molecule has 0 bridgehead atoms. The molecule has 4 aromatic carbocycles. The number of thioether (sulfide) groups is 1. The number of ether oxygens (including phenoxy) is 4. The predicted octanol–water partition coefficient (Wildman–Crippen LogP) is 7.57. The topological polar surface area (TPSA) is 120 Å². The fourth-order valence-electron chi connectivity index (χ4n) is 5.90. The monoisotopic (exact) mass is 695 g/mol. The number of ketones is 1. The van der Waals surface area contributed by atoms with Gasteiger partial charge in [0.2, 0.25) is 5.13 Å². The molecule has 12 heteroatoms. The van der Waals surface area contributed by atoms with E-state index in [1.54, 1.807) is 36.4 Å². The van der Waals surface area contributed by atoms with E-state index < -0.39 is 17.7 Å². The summed E-state index contributed by atoms with van der Waals surface area (Å²) >= 11 is 2.71. The summed E-state index contributed by atoms with van der Waals surface area (Å²) in [6.45, 7) is 5.50. The van der Waals surface area contributed by atoms with E-state index in [1.165, 1.54) is 28.0 Å². The van der Waals surface area contributed by atoms with Gasteiger partial charge >= 0.3 is 5.91 Å². The normalized spacial score (nSPS) is 16.7. The predicted molar refractivity (Wildman–Crippen MR) is 189 cm³/mol. The van der Waals surface area contributed by atoms with Crippen LogP contribution in [-0.2, 0) is 15.3 Å². The molecule has 2 aliphatic heterocycles. The molecule has 0 radical (unpaired) electrons. The molecule has 5 aromatic rings. The summed E-state index contributed by atoms with van der Waals surface area (Å²) in [6, 6.07) is 23.5. The van der Waals surface area contributed by atoms with Crippen LogP contribution >= 0.6 is 23.1 Å². The molecule has 3 heterocycles. The Balaban J connectivity index is 1.28. The number of aliphatic hydroxyl groups excluding tert-OH is 1. The number of carbonyl (C=O) groups is 2. The van der Waals surface area contributed by atoms with E-state index in [9.17, 15) is 14.7 Å². The zero-order valence-electron chi connectivity index (χ0n) is 26.9. The third-order valence-electron chi connectivity index (χ3n) is 8.14. The number of anilines is 1. The van der Waals surface area contributed by atoms with Gasteiger partial charge in [0, 0.05) is 11.3 Å². The molecule has 1 aromatic heterocycles. The van der Waals surface area contributed by atoms with E-state index in [0.717, 1.165) is 22.8 Å². The largest absolute Gasteiger partial charge is 0.507 e. The van der Waals surface area contributed by atoms with Crippen molar-refractivity contribution in [1.82, 2.24) is 10.2 Å². The summed E-state index contributed by atoms with van der Waals surface area (Å²) in [6.07, 6.45) is 0.806. The highest BCUT2D eigenvalue weighted by molar-refractivity contribution is 8.00. The lowest BCUT2D eigenvalue weighted by Crippen LogP contribution is -2.29. The Kier molecular flexibility index (Phi) is 9.41. The van der Waals surface area contributed by atoms with E-state index in [-0.39, 0.29) is 16.5 Å². The van der Waals surface area contributed by atoms with Crippen molar-refractivity contribution < 1.29 is 33.6 Å². The smallest absolute Gasteiger partial charge is 0.301 e. The van der Waals surface area contributed by atoms with Crippen LogP contribution < -0.4 is 23.8 Å². The molecule has 49 heavy (non-hydrogen) atoms. The fourth-order valence-corrected chi connectivity index (χ4v) is 7.77. The Hall–Kier alpha value is -5.07. The van der Waals surface area contributed by atoms with Crippen molar-refractivity contribution in [2.75, 3.05) is 31.3 Å². The van der Waals surface area contributed by atoms with Crippen molar-refractivity contribution in [2.24, 2.45) is 0 Å². The number of benzene rings is 4. The van der Waals surface area contributed by atoms with Gasteiger partial charge in [0.15, 0.2) is 27.3 Å². The molecule has 0 spiro atoms. The molecule has 0 aliphatic carbocycles. The average Bonchev–Trinajstić information content (AvgIpc) is 3.71. The Morgan fingerprint density at radius 1 is 0.939 bits per heavy atom. The first-order valence-electron chi connectivity index (χ1n) is 16.0. The van der Waals surface area contributed by atoms with Crippen LogP contribution in [0.25, 0.3) is 16.5 Å². The minimum Gasteiger partial charge on any atom is -0.507 e. The van der Waals surface area contributed by atoms with Crippen LogP contribution in [0.4, 0.5) is 5.13 Å². The Labute approximate surface area is 291 Å². The fraction of sp³-hybridized carbons (Fsp3) is 0.243. The summed E-state index contributed by atoms with van der Waals surface area (Å²) in [7, 11) is 0. The second-order valence-corrected chi connectivity index (χ2v) is 13.5. The number of Topliss-reactive ketones (excluding diaryl/α,β-unsaturated/α-hetero) is 1. The number of hydrogen-bond acceptors (Lipinski definition) is 11. The lowest BCUT2D eigenvalue weighted by molar-refractivity contribution is -0.132. The summed E-state index contributed by atoms with van der Waals surface area (Å²) < 4.78 is 23.8. The SMILES string of the molecule is CCCOc1ccc([C@@H]2/C(=C(\O)c3ccc4c(c3)OCCO4)C(=O)C(=O)N2c2nnc(SCc3cccc4ccccc34)s2)cc1OCC. The summed E-state index contributed by atoms with van der Waals surface area (Å²) in [5, 5.41) is 23.0. The third kappa shape index (κ3) is 6.41. The first-order valence-corrected chi connectivity index (χ1v) is 17.8. The number of aliphatic hydroxyl groups is 1. The van der Waals surface area contributed by atoms with Crippen LogP contribution in [0.1, 0.15) is 43.0 Å². The maximum absolute atomic E-state index is 13.9. The zero-order valence-corrected chi connectivity index (χ0v) is 28.5. The van der Waals surface area contributed by atoms with Crippen molar-refractivity contribution >= 4 is 56.5 Å². The molecule has 1 saturated heterocycles. The molecule has 250 valence electrons. The van der Waals surface area contributed by atoms with E-state index in [0.29, 0.717) is 70.6 Å². The summed E-state index contributed by atoms with van der Waals surface area (Å²) in [4.78, 5) is 29.1. The van der Waals surface area contributed by atoms with E-state index in [4.69, 9.17) is 18.9 Å². The number of hydrogen-bond donors (Lipinski definition) is 1. The van der Waals surface area contributed by atoms with Crippen molar-refractivity contribution in [3.05, 3.63) is 101 Å². The third-order valence-corrected chi connectivity index (χ3v) is 10.2. The van der Waals surface area contributed by atoms with Crippen LogP contribution in [0.2, 0.25) is 0 Å². The van der Waals surface area contributed by atoms with Gasteiger partial charge in [-0.25, -0.2) is 0 Å². The van der Waals surface area contributed by atoms with Crippen molar-refractivity contribution in [3.8, 4) is 23.0 Å². The van der Waals surface area contributed by atoms with E-state index in [1.807, 2.05) is 32.0 Å². The number of fused-ring (bicyclic) bond motifs is 2. The average molecular weight is 696 g/mol. The maximum atomic E-state index is 13.9. The van der Waals surface area contributed by atoms with Crippen molar-refractivity contribution in [2.45, 2.75) is 36.4 Å². The van der Waals surface area contributed by atoms with E-state index >= 15 is 0 Å². The molecule has 7 rings (SSSR count). The number of aromatic nitrogens is 2. The van der Waals surface area contributed by atoms with Gasteiger partial charge in [0.05, 0.1) is 24.8 Å². The molecular formula is C37H33N3O7S2. The molecule has 0 unspecified atom stereocenters. The van der Waals surface area contributed by atoms with Crippen LogP contribution in [0.15, 0.2) is 88.8 Å². The zero-order chi connectivity index (χ0) is 33.9. The molecule has 10 nitrogen and oxygen atoms in total. The maximum Gasteiger partial charge on any atom is 0.301 e. The highest BCUT2D eigenvalue weighted by Gasteiger charge is 2.48.